The zero-order valence-corrected chi connectivity index (χ0v) is 10.9. The van der Waals surface area contributed by atoms with Crippen LogP contribution in [0.25, 0.3) is 0 Å². The van der Waals surface area contributed by atoms with Crippen molar-refractivity contribution in [1.29, 1.82) is 0 Å². The Hall–Kier alpha value is -1.26. The summed E-state index contributed by atoms with van der Waals surface area (Å²) >= 11 is 0. The maximum absolute atomic E-state index is 9.95. The number of phenols is 1. The van der Waals surface area contributed by atoms with Gasteiger partial charge in [-0.3, -0.25) is 0 Å². The van der Waals surface area contributed by atoms with E-state index >= 15 is 0 Å². The van der Waals surface area contributed by atoms with E-state index in [1.165, 1.54) is 0 Å². The van der Waals surface area contributed by atoms with Gasteiger partial charge in [0.05, 0.1) is 6.61 Å². The van der Waals surface area contributed by atoms with Crippen molar-refractivity contribution in [2.75, 3.05) is 33.8 Å². The lowest BCUT2D eigenvalue weighted by Crippen LogP contribution is -2.26. The molecule has 1 aromatic rings. The average molecular weight is 238 g/mol. The van der Waals surface area contributed by atoms with Crippen LogP contribution in [0, 0.1) is 0 Å². The number of hydrogen-bond acceptors (Lipinski definition) is 4. The van der Waals surface area contributed by atoms with Crippen molar-refractivity contribution >= 4 is 0 Å². The molecule has 0 saturated heterocycles. The van der Waals surface area contributed by atoms with Crippen molar-refractivity contribution in [2.45, 2.75) is 13.5 Å². The monoisotopic (exact) mass is 238 g/mol. The zero-order chi connectivity index (χ0) is 12.7. The SMILES string of the molecule is CCOc1cccc(CNCCN(C)C)c1O. The molecular weight excluding hydrogens is 216 g/mol. The molecule has 1 aromatic carbocycles. The van der Waals surface area contributed by atoms with Crippen LogP contribution in [0.15, 0.2) is 18.2 Å². The Balaban J connectivity index is 2.50. The number of benzene rings is 1. The van der Waals surface area contributed by atoms with Gasteiger partial charge in [0.2, 0.25) is 0 Å². The van der Waals surface area contributed by atoms with Gasteiger partial charge in [-0.05, 0) is 27.1 Å². The van der Waals surface area contributed by atoms with Crippen molar-refractivity contribution in [3.63, 3.8) is 0 Å². The van der Waals surface area contributed by atoms with E-state index in [0.29, 0.717) is 18.9 Å². The van der Waals surface area contributed by atoms with Gasteiger partial charge in [-0.25, -0.2) is 0 Å². The smallest absolute Gasteiger partial charge is 0.162 e. The Morgan fingerprint density at radius 2 is 2.12 bits per heavy atom. The minimum atomic E-state index is 0.242. The predicted molar refractivity (Wildman–Crippen MR) is 69.5 cm³/mol. The van der Waals surface area contributed by atoms with Gasteiger partial charge in [-0.15, -0.1) is 0 Å². The first-order valence-corrected chi connectivity index (χ1v) is 5.94. The lowest BCUT2D eigenvalue weighted by molar-refractivity contribution is 0.316. The lowest BCUT2D eigenvalue weighted by Gasteiger charge is -2.12. The second kappa shape index (κ2) is 7.14. The van der Waals surface area contributed by atoms with Crippen molar-refractivity contribution < 1.29 is 9.84 Å². The molecule has 0 amide bonds. The van der Waals surface area contributed by atoms with E-state index in [4.69, 9.17) is 4.74 Å². The summed E-state index contributed by atoms with van der Waals surface area (Å²) < 4.78 is 5.34. The van der Waals surface area contributed by atoms with Gasteiger partial charge < -0.3 is 20.1 Å². The number of hydrogen-bond donors (Lipinski definition) is 2. The Morgan fingerprint density at radius 1 is 1.35 bits per heavy atom. The molecule has 0 aliphatic heterocycles. The van der Waals surface area contributed by atoms with Gasteiger partial charge in [-0.2, -0.15) is 0 Å². The molecule has 0 unspecified atom stereocenters. The van der Waals surface area contributed by atoms with Crippen LogP contribution in [0.1, 0.15) is 12.5 Å². The molecule has 0 aromatic heterocycles. The minimum absolute atomic E-state index is 0.242. The number of aromatic hydroxyl groups is 1. The summed E-state index contributed by atoms with van der Waals surface area (Å²) in [4.78, 5) is 2.11. The van der Waals surface area contributed by atoms with Crippen molar-refractivity contribution in [3.05, 3.63) is 23.8 Å². The third kappa shape index (κ3) is 4.63. The molecular formula is C13H22N2O2. The number of nitrogens with zero attached hydrogens (tertiary/aromatic N) is 1. The number of rotatable bonds is 7. The fraction of sp³-hybridized carbons (Fsp3) is 0.538. The third-order valence-electron chi connectivity index (χ3n) is 2.43. The zero-order valence-electron chi connectivity index (χ0n) is 10.9. The summed E-state index contributed by atoms with van der Waals surface area (Å²) in [5.74, 6) is 0.797. The van der Waals surface area contributed by atoms with Gasteiger partial charge in [-0.1, -0.05) is 12.1 Å². The first-order chi connectivity index (χ1) is 8.15. The highest BCUT2D eigenvalue weighted by Gasteiger charge is 2.06. The number of para-hydroxylation sites is 1. The molecule has 4 nitrogen and oxygen atoms in total. The van der Waals surface area contributed by atoms with Crippen molar-refractivity contribution in [3.8, 4) is 11.5 Å². The summed E-state index contributed by atoms with van der Waals surface area (Å²) in [6, 6.07) is 5.58. The molecule has 0 radical (unpaired) electrons. The quantitative estimate of drug-likeness (QED) is 0.706. The van der Waals surface area contributed by atoms with Crippen LogP contribution in [-0.4, -0.2) is 43.8 Å². The molecule has 0 saturated carbocycles. The second-order valence-electron chi connectivity index (χ2n) is 4.18. The van der Waals surface area contributed by atoms with Gasteiger partial charge in [0.1, 0.15) is 0 Å². The van der Waals surface area contributed by atoms with Crippen LogP contribution < -0.4 is 10.1 Å². The van der Waals surface area contributed by atoms with E-state index in [-0.39, 0.29) is 5.75 Å². The molecule has 96 valence electrons. The maximum atomic E-state index is 9.95. The highest BCUT2D eigenvalue weighted by atomic mass is 16.5. The highest BCUT2D eigenvalue weighted by molar-refractivity contribution is 5.45. The fourth-order valence-corrected chi connectivity index (χ4v) is 1.51. The van der Waals surface area contributed by atoms with Crippen molar-refractivity contribution in [1.82, 2.24) is 10.2 Å². The van der Waals surface area contributed by atoms with E-state index in [1.807, 2.05) is 33.2 Å². The van der Waals surface area contributed by atoms with Crippen LogP contribution in [0.5, 0.6) is 11.5 Å². The van der Waals surface area contributed by atoms with E-state index in [0.717, 1.165) is 18.7 Å². The molecule has 4 heteroatoms. The first-order valence-electron chi connectivity index (χ1n) is 5.94. The number of phenolic OH excluding ortho intramolecular Hbond substituents is 1. The average Bonchev–Trinajstić information content (AvgIpc) is 2.29. The first kappa shape index (κ1) is 13.8. The van der Waals surface area contributed by atoms with Gasteiger partial charge in [0.15, 0.2) is 11.5 Å². The Morgan fingerprint density at radius 3 is 2.76 bits per heavy atom. The van der Waals surface area contributed by atoms with Crippen molar-refractivity contribution in [2.24, 2.45) is 0 Å². The molecule has 0 bridgehead atoms. The van der Waals surface area contributed by atoms with Gasteiger partial charge >= 0.3 is 0 Å². The molecule has 0 atom stereocenters. The largest absolute Gasteiger partial charge is 0.504 e. The Labute approximate surface area is 103 Å². The Bertz CT molecular complexity index is 340. The summed E-state index contributed by atoms with van der Waals surface area (Å²) in [5, 5.41) is 13.2. The second-order valence-corrected chi connectivity index (χ2v) is 4.18. The molecule has 0 aliphatic rings. The Kier molecular flexibility index (Phi) is 5.80. The summed E-state index contributed by atoms with van der Waals surface area (Å²) in [7, 11) is 4.07. The van der Waals surface area contributed by atoms with Crippen LogP contribution in [0.3, 0.4) is 0 Å². The number of nitrogens with one attached hydrogen (secondary N) is 1. The normalized spacial score (nSPS) is 10.8. The molecule has 2 N–H and O–H groups in total. The summed E-state index contributed by atoms with van der Waals surface area (Å²) in [6.07, 6.45) is 0. The fourth-order valence-electron chi connectivity index (χ4n) is 1.51. The van der Waals surface area contributed by atoms with E-state index in [1.54, 1.807) is 6.07 Å². The van der Waals surface area contributed by atoms with Gasteiger partial charge in [0.25, 0.3) is 0 Å². The molecule has 0 spiro atoms. The maximum Gasteiger partial charge on any atom is 0.162 e. The summed E-state index contributed by atoms with van der Waals surface area (Å²) in [5.41, 5.74) is 0.870. The van der Waals surface area contributed by atoms with Crippen LogP contribution in [0.2, 0.25) is 0 Å². The molecule has 0 heterocycles. The predicted octanol–water partition coefficient (Wildman–Crippen LogP) is 1.44. The number of ether oxygens (including phenoxy) is 1. The molecule has 1 rings (SSSR count). The molecule has 0 fully saturated rings. The molecule has 0 aliphatic carbocycles. The van der Waals surface area contributed by atoms with E-state index in [2.05, 4.69) is 10.2 Å². The van der Waals surface area contributed by atoms with Crippen LogP contribution in [0.4, 0.5) is 0 Å². The summed E-state index contributed by atoms with van der Waals surface area (Å²) in [6.45, 7) is 4.99. The third-order valence-corrected chi connectivity index (χ3v) is 2.43. The lowest BCUT2D eigenvalue weighted by atomic mass is 10.2. The number of likely N-dealkylation sites (N-methyl/N-ethyl adjacent to an activating group) is 1. The molecule has 17 heavy (non-hydrogen) atoms. The minimum Gasteiger partial charge on any atom is -0.504 e. The van der Waals surface area contributed by atoms with Gasteiger partial charge in [0, 0.05) is 25.2 Å². The topological polar surface area (TPSA) is 44.7 Å². The van der Waals surface area contributed by atoms with E-state index < -0.39 is 0 Å². The standard InChI is InChI=1S/C13H22N2O2/c1-4-17-12-7-5-6-11(13(12)16)10-14-8-9-15(2)3/h5-7,14,16H,4,8-10H2,1-3H3. The van der Waals surface area contributed by atoms with Crippen LogP contribution in [-0.2, 0) is 6.54 Å². The van der Waals surface area contributed by atoms with Crippen LogP contribution >= 0.6 is 0 Å². The highest BCUT2D eigenvalue weighted by Crippen LogP contribution is 2.29. The van der Waals surface area contributed by atoms with E-state index in [9.17, 15) is 5.11 Å².